The van der Waals surface area contributed by atoms with E-state index in [1.165, 1.54) is 11.1 Å². The van der Waals surface area contributed by atoms with Crippen molar-refractivity contribution in [3.8, 4) is 22.4 Å². The highest BCUT2D eigenvalue weighted by Crippen LogP contribution is 2.44. The Kier molecular flexibility index (Phi) is 7.09. The Morgan fingerprint density at radius 2 is 1.77 bits per heavy atom. The lowest BCUT2D eigenvalue weighted by atomic mass is 9.82. The Hall–Kier alpha value is -3.71. The number of aromatic nitrogens is 4. The molecular weight excluding hydrogens is 518 g/mol. The predicted octanol–water partition coefficient (Wildman–Crippen LogP) is 6.59. The number of nitrogen functional groups attached to an aromatic ring is 1. The number of fused-ring (bicyclic) bond motifs is 1. The van der Waals surface area contributed by atoms with Gasteiger partial charge in [0, 0.05) is 61.5 Å². The minimum Gasteiger partial charge on any atom is -0.383 e. The largest absolute Gasteiger partial charge is 0.383 e. The van der Waals surface area contributed by atoms with Crippen LogP contribution in [-0.2, 0) is 19.4 Å². The highest BCUT2D eigenvalue weighted by atomic mass is 35.5. The standard InChI is InChI=1S/C32H36ClN7/c1-4-25-28(39-16-11-32(2,3)12-17-39)27(30(34)38-29(25)33)22-7-8-24-20-40(15-10-21(24)18-22)31-36-14-9-26(37-31)23-6-5-13-35-19-23/h5-9,13-14,18-19H,4,10-12,15-17,20H2,1-3H3,(H2,34,38). The van der Waals surface area contributed by atoms with Crippen molar-refractivity contribution in [2.45, 2.75) is 53.0 Å². The molecule has 0 bridgehead atoms. The first-order valence-corrected chi connectivity index (χ1v) is 14.5. The molecule has 7 nitrogen and oxygen atoms in total. The van der Waals surface area contributed by atoms with E-state index in [1.807, 2.05) is 30.6 Å². The quantitative estimate of drug-likeness (QED) is 0.279. The summed E-state index contributed by atoms with van der Waals surface area (Å²) in [6.45, 7) is 10.4. The summed E-state index contributed by atoms with van der Waals surface area (Å²) >= 11 is 6.67. The molecule has 2 aliphatic rings. The van der Waals surface area contributed by atoms with Gasteiger partial charge in [0.25, 0.3) is 0 Å². The smallest absolute Gasteiger partial charge is 0.226 e. The van der Waals surface area contributed by atoms with Crippen molar-refractivity contribution in [2.75, 3.05) is 35.2 Å². The van der Waals surface area contributed by atoms with Crippen molar-refractivity contribution in [3.63, 3.8) is 0 Å². The Morgan fingerprint density at radius 1 is 0.950 bits per heavy atom. The molecule has 40 heavy (non-hydrogen) atoms. The molecule has 6 rings (SSSR count). The van der Waals surface area contributed by atoms with Crippen molar-refractivity contribution in [2.24, 2.45) is 5.41 Å². The van der Waals surface area contributed by atoms with E-state index < -0.39 is 0 Å². The highest BCUT2D eigenvalue weighted by molar-refractivity contribution is 6.31. The Labute approximate surface area is 241 Å². The fourth-order valence-corrected chi connectivity index (χ4v) is 6.25. The van der Waals surface area contributed by atoms with Crippen LogP contribution < -0.4 is 15.5 Å². The number of pyridine rings is 2. The molecule has 2 N–H and O–H groups in total. The summed E-state index contributed by atoms with van der Waals surface area (Å²) in [4.78, 5) is 23.0. The average molecular weight is 554 g/mol. The lowest BCUT2D eigenvalue weighted by Crippen LogP contribution is -2.38. The zero-order valence-corrected chi connectivity index (χ0v) is 24.2. The SMILES string of the molecule is CCc1c(Cl)nc(N)c(-c2ccc3c(c2)CCN(c2nccc(-c4cccnc4)n2)C3)c1N1CCC(C)(C)CC1. The average Bonchev–Trinajstić information content (AvgIpc) is 2.97. The number of hydrogen-bond acceptors (Lipinski definition) is 7. The number of rotatable bonds is 5. The van der Waals surface area contributed by atoms with Crippen LogP contribution in [0.15, 0.2) is 55.0 Å². The Bertz CT molecular complexity index is 1530. The fraction of sp³-hybridized carbons (Fsp3) is 0.375. The van der Waals surface area contributed by atoms with E-state index >= 15 is 0 Å². The van der Waals surface area contributed by atoms with Crippen LogP contribution in [0, 0.1) is 5.41 Å². The van der Waals surface area contributed by atoms with Crippen LogP contribution in [-0.4, -0.2) is 39.6 Å². The third-order valence-electron chi connectivity index (χ3n) is 8.42. The zero-order valence-electron chi connectivity index (χ0n) is 23.5. The lowest BCUT2D eigenvalue weighted by Gasteiger charge is -2.40. The minimum atomic E-state index is 0.352. The lowest BCUT2D eigenvalue weighted by molar-refractivity contribution is 0.280. The van der Waals surface area contributed by atoms with Crippen molar-refractivity contribution < 1.29 is 0 Å². The van der Waals surface area contributed by atoms with Crippen LogP contribution in [0.25, 0.3) is 22.4 Å². The number of halogens is 1. The number of piperidine rings is 1. The molecule has 0 radical (unpaired) electrons. The van der Waals surface area contributed by atoms with Gasteiger partial charge in [-0.25, -0.2) is 15.0 Å². The molecule has 0 unspecified atom stereocenters. The first-order chi connectivity index (χ1) is 19.3. The second-order valence-corrected chi connectivity index (χ2v) is 12.0. The third-order valence-corrected chi connectivity index (χ3v) is 8.74. The summed E-state index contributed by atoms with van der Waals surface area (Å²) in [6.07, 6.45) is 9.42. The van der Waals surface area contributed by atoms with Gasteiger partial charge in [0.2, 0.25) is 5.95 Å². The third kappa shape index (κ3) is 5.10. The van der Waals surface area contributed by atoms with Crippen LogP contribution in [0.2, 0.25) is 5.15 Å². The molecule has 2 aliphatic heterocycles. The summed E-state index contributed by atoms with van der Waals surface area (Å²) in [7, 11) is 0. The summed E-state index contributed by atoms with van der Waals surface area (Å²) in [6, 6.07) is 12.6. The second-order valence-electron chi connectivity index (χ2n) is 11.6. The van der Waals surface area contributed by atoms with Gasteiger partial charge < -0.3 is 15.5 Å². The van der Waals surface area contributed by atoms with E-state index in [0.717, 1.165) is 91.4 Å². The molecular formula is C32H36ClN7. The van der Waals surface area contributed by atoms with Crippen molar-refractivity contribution in [1.29, 1.82) is 0 Å². The number of hydrogen-bond donors (Lipinski definition) is 1. The van der Waals surface area contributed by atoms with Gasteiger partial charge in [-0.05, 0) is 66.0 Å². The van der Waals surface area contributed by atoms with Crippen LogP contribution in [0.4, 0.5) is 17.5 Å². The molecule has 1 saturated heterocycles. The highest BCUT2D eigenvalue weighted by Gasteiger charge is 2.30. The van der Waals surface area contributed by atoms with Crippen LogP contribution in [0.3, 0.4) is 0 Å². The molecule has 0 saturated carbocycles. The first kappa shape index (κ1) is 26.5. The number of nitrogens with two attached hydrogens (primary N) is 1. The van der Waals surface area contributed by atoms with Gasteiger partial charge in [0.1, 0.15) is 11.0 Å². The molecule has 4 aromatic rings. The van der Waals surface area contributed by atoms with Gasteiger partial charge in [-0.2, -0.15) is 0 Å². The molecule has 206 valence electrons. The first-order valence-electron chi connectivity index (χ1n) is 14.2. The number of nitrogens with zero attached hydrogens (tertiary/aromatic N) is 6. The van der Waals surface area contributed by atoms with Gasteiger partial charge in [0.05, 0.1) is 11.4 Å². The summed E-state index contributed by atoms with van der Waals surface area (Å²) in [5.74, 6) is 1.24. The maximum atomic E-state index is 6.67. The molecule has 0 amide bonds. The van der Waals surface area contributed by atoms with Crippen LogP contribution in [0.5, 0.6) is 0 Å². The van der Waals surface area contributed by atoms with Crippen LogP contribution >= 0.6 is 11.6 Å². The molecule has 3 aromatic heterocycles. The molecule has 8 heteroatoms. The molecule has 0 spiro atoms. The normalized spacial score (nSPS) is 16.6. The van der Waals surface area contributed by atoms with Gasteiger partial charge >= 0.3 is 0 Å². The molecule has 1 aromatic carbocycles. The molecule has 0 atom stereocenters. The van der Waals surface area contributed by atoms with Gasteiger partial charge in [0.15, 0.2) is 0 Å². The summed E-state index contributed by atoms with van der Waals surface area (Å²) in [5, 5.41) is 0.519. The predicted molar refractivity (Wildman–Crippen MR) is 164 cm³/mol. The van der Waals surface area contributed by atoms with E-state index in [-0.39, 0.29) is 0 Å². The van der Waals surface area contributed by atoms with Gasteiger partial charge in [-0.15, -0.1) is 0 Å². The molecule has 0 aliphatic carbocycles. The van der Waals surface area contributed by atoms with Crippen molar-refractivity contribution in [1.82, 2.24) is 19.9 Å². The minimum absolute atomic E-state index is 0.352. The zero-order chi connectivity index (χ0) is 27.9. The Morgan fingerprint density at radius 3 is 2.52 bits per heavy atom. The molecule has 5 heterocycles. The van der Waals surface area contributed by atoms with E-state index in [1.54, 1.807) is 6.20 Å². The van der Waals surface area contributed by atoms with Gasteiger partial charge in [-0.3, -0.25) is 4.98 Å². The van der Waals surface area contributed by atoms with Crippen molar-refractivity contribution in [3.05, 3.63) is 76.8 Å². The maximum Gasteiger partial charge on any atom is 0.226 e. The summed E-state index contributed by atoms with van der Waals surface area (Å²) in [5.41, 5.74) is 15.8. The molecule has 1 fully saturated rings. The number of anilines is 3. The van der Waals surface area contributed by atoms with Crippen LogP contribution in [0.1, 0.15) is 50.3 Å². The second kappa shape index (κ2) is 10.7. The fourth-order valence-electron chi connectivity index (χ4n) is 5.94. The monoisotopic (exact) mass is 553 g/mol. The number of benzene rings is 1. The van der Waals surface area contributed by atoms with E-state index in [0.29, 0.717) is 16.4 Å². The summed E-state index contributed by atoms with van der Waals surface area (Å²) < 4.78 is 0. The van der Waals surface area contributed by atoms with Gasteiger partial charge in [-0.1, -0.05) is 50.6 Å². The Balaban J connectivity index is 1.32. The van der Waals surface area contributed by atoms with E-state index in [2.05, 4.69) is 63.7 Å². The van der Waals surface area contributed by atoms with E-state index in [9.17, 15) is 0 Å². The van der Waals surface area contributed by atoms with Crippen molar-refractivity contribution >= 4 is 29.1 Å². The topological polar surface area (TPSA) is 84.1 Å². The van der Waals surface area contributed by atoms with E-state index in [4.69, 9.17) is 22.3 Å². The maximum absolute atomic E-state index is 6.67.